The van der Waals surface area contributed by atoms with Crippen LogP contribution < -0.4 is 16.4 Å². The van der Waals surface area contributed by atoms with Gasteiger partial charge in [-0.3, -0.25) is 4.79 Å². The Morgan fingerprint density at radius 3 is 2.58 bits per heavy atom. The summed E-state index contributed by atoms with van der Waals surface area (Å²) in [6.45, 7) is 6.09. The molecule has 70 valence electrons. The zero-order chi connectivity index (χ0) is 9.19. The van der Waals surface area contributed by atoms with Crippen molar-refractivity contribution in [2.24, 2.45) is 0 Å². The summed E-state index contributed by atoms with van der Waals surface area (Å²) in [5.41, 5.74) is 7.74. The summed E-state index contributed by atoms with van der Waals surface area (Å²) < 4.78 is 5.14. The first-order valence-electron chi connectivity index (χ1n) is 3.95. The molecule has 1 saturated heterocycles. The lowest BCUT2D eigenvalue weighted by Gasteiger charge is -2.21. The fourth-order valence-electron chi connectivity index (χ4n) is 0.857. The van der Waals surface area contributed by atoms with Crippen LogP contribution in [0.5, 0.6) is 0 Å². The smallest absolute Gasteiger partial charge is 0.326 e. The summed E-state index contributed by atoms with van der Waals surface area (Å²) in [4.78, 5) is 11.3. The number of hydrogen-bond acceptors (Lipinski definition) is 5. The van der Waals surface area contributed by atoms with E-state index in [1.54, 1.807) is 0 Å². The molecule has 0 aliphatic carbocycles. The molecule has 3 N–H and O–H groups in total. The fourth-order valence-corrected chi connectivity index (χ4v) is 0.857. The molecule has 0 aromatic rings. The summed E-state index contributed by atoms with van der Waals surface area (Å²) in [6, 6.07) is -0.288. The van der Waals surface area contributed by atoms with E-state index in [4.69, 9.17) is 4.74 Å². The van der Waals surface area contributed by atoms with Gasteiger partial charge in [0.1, 0.15) is 11.6 Å². The van der Waals surface area contributed by atoms with Crippen molar-refractivity contribution < 1.29 is 9.53 Å². The fraction of sp³-hybridized carbons (Fsp3) is 0.857. The van der Waals surface area contributed by atoms with Gasteiger partial charge in [0.2, 0.25) is 0 Å². The molecule has 0 radical (unpaired) electrons. The van der Waals surface area contributed by atoms with Crippen LogP contribution in [0.25, 0.3) is 0 Å². The Labute approximate surface area is 71.8 Å². The van der Waals surface area contributed by atoms with Crippen LogP contribution in [0, 0.1) is 0 Å². The Bertz CT molecular complexity index is 170. The minimum absolute atomic E-state index is 0.236. The summed E-state index contributed by atoms with van der Waals surface area (Å²) in [5.74, 6) is -0.236. The number of carbonyl (C=O) groups is 1. The van der Waals surface area contributed by atoms with Crippen LogP contribution in [0.3, 0.4) is 0 Å². The van der Waals surface area contributed by atoms with Crippen molar-refractivity contribution in [3.63, 3.8) is 0 Å². The number of nitrogens with one attached hydrogen (secondary N) is 3. The first kappa shape index (κ1) is 9.44. The van der Waals surface area contributed by atoms with Crippen molar-refractivity contribution in [1.82, 2.24) is 16.4 Å². The molecule has 12 heavy (non-hydrogen) atoms. The molecule has 0 amide bonds. The molecule has 0 bridgehead atoms. The summed E-state index contributed by atoms with van der Waals surface area (Å²) in [5, 5.41) is 0. The third-order valence-corrected chi connectivity index (χ3v) is 1.33. The van der Waals surface area contributed by atoms with E-state index < -0.39 is 5.60 Å². The van der Waals surface area contributed by atoms with Crippen molar-refractivity contribution in [3.05, 3.63) is 0 Å². The molecular weight excluding hydrogens is 158 g/mol. The monoisotopic (exact) mass is 173 g/mol. The Hall–Kier alpha value is -0.650. The van der Waals surface area contributed by atoms with Crippen molar-refractivity contribution >= 4 is 5.97 Å². The largest absolute Gasteiger partial charge is 0.459 e. The van der Waals surface area contributed by atoms with Gasteiger partial charge in [-0.15, -0.1) is 0 Å². The lowest BCUT2D eigenvalue weighted by molar-refractivity contribution is -0.156. The standard InChI is InChI=1S/C7H15N3O2/c1-7(2,3)12-6(11)5-4-8-10-9-5/h5,8-10H,4H2,1-3H3. The van der Waals surface area contributed by atoms with E-state index in [0.29, 0.717) is 6.54 Å². The van der Waals surface area contributed by atoms with Gasteiger partial charge < -0.3 is 4.74 Å². The summed E-state index contributed by atoms with van der Waals surface area (Å²) in [7, 11) is 0. The Morgan fingerprint density at radius 2 is 2.17 bits per heavy atom. The second-order valence-electron chi connectivity index (χ2n) is 3.74. The van der Waals surface area contributed by atoms with Crippen molar-refractivity contribution in [3.8, 4) is 0 Å². The van der Waals surface area contributed by atoms with Gasteiger partial charge in [-0.2, -0.15) is 5.53 Å². The van der Waals surface area contributed by atoms with Crippen LogP contribution in [0.2, 0.25) is 0 Å². The molecule has 1 atom stereocenters. The summed E-state index contributed by atoms with van der Waals surface area (Å²) in [6.07, 6.45) is 0. The zero-order valence-electron chi connectivity index (χ0n) is 7.60. The van der Waals surface area contributed by atoms with E-state index in [1.807, 2.05) is 20.8 Å². The number of rotatable bonds is 1. The van der Waals surface area contributed by atoms with Gasteiger partial charge in [-0.25, -0.2) is 10.9 Å². The van der Waals surface area contributed by atoms with E-state index in [1.165, 1.54) is 0 Å². The van der Waals surface area contributed by atoms with Crippen molar-refractivity contribution in [1.29, 1.82) is 0 Å². The molecule has 0 saturated carbocycles. The number of hydrazine groups is 2. The maximum Gasteiger partial charge on any atom is 0.326 e. The Morgan fingerprint density at radius 1 is 1.50 bits per heavy atom. The molecule has 1 aliphatic heterocycles. The minimum atomic E-state index is -0.415. The predicted octanol–water partition coefficient (Wildman–Crippen LogP) is -0.691. The van der Waals surface area contributed by atoms with E-state index in [2.05, 4.69) is 16.4 Å². The van der Waals surface area contributed by atoms with Gasteiger partial charge in [-0.05, 0) is 20.8 Å². The second kappa shape index (κ2) is 3.38. The molecule has 0 aromatic heterocycles. The lowest BCUT2D eigenvalue weighted by Crippen LogP contribution is -2.41. The average molecular weight is 173 g/mol. The average Bonchev–Trinajstić information content (AvgIpc) is 2.32. The zero-order valence-corrected chi connectivity index (χ0v) is 7.60. The highest BCUT2D eigenvalue weighted by molar-refractivity contribution is 5.76. The molecule has 1 rings (SSSR count). The topological polar surface area (TPSA) is 62.4 Å². The van der Waals surface area contributed by atoms with Gasteiger partial charge in [0.05, 0.1) is 0 Å². The molecule has 5 heteroatoms. The Kier molecular flexibility index (Phi) is 2.66. The maximum absolute atomic E-state index is 11.3. The van der Waals surface area contributed by atoms with Crippen LogP contribution >= 0.6 is 0 Å². The minimum Gasteiger partial charge on any atom is -0.459 e. The van der Waals surface area contributed by atoms with Crippen molar-refractivity contribution in [2.45, 2.75) is 32.4 Å². The number of ether oxygens (including phenoxy) is 1. The van der Waals surface area contributed by atoms with Crippen LogP contribution in [0.15, 0.2) is 0 Å². The maximum atomic E-state index is 11.3. The normalized spacial score (nSPS) is 24.1. The van der Waals surface area contributed by atoms with Crippen LogP contribution in [0.1, 0.15) is 20.8 Å². The van der Waals surface area contributed by atoms with Gasteiger partial charge in [0.15, 0.2) is 0 Å². The number of hydrogen-bond donors (Lipinski definition) is 3. The van der Waals surface area contributed by atoms with Gasteiger partial charge in [0, 0.05) is 6.54 Å². The van der Waals surface area contributed by atoms with Crippen LogP contribution in [-0.2, 0) is 9.53 Å². The van der Waals surface area contributed by atoms with E-state index in [9.17, 15) is 4.79 Å². The first-order chi connectivity index (χ1) is 5.49. The molecular formula is C7H15N3O2. The van der Waals surface area contributed by atoms with Gasteiger partial charge in [-0.1, -0.05) is 0 Å². The Balaban J connectivity index is 2.37. The van der Waals surface area contributed by atoms with E-state index in [-0.39, 0.29) is 12.0 Å². The molecule has 1 fully saturated rings. The second-order valence-corrected chi connectivity index (χ2v) is 3.74. The van der Waals surface area contributed by atoms with Crippen LogP contribution in [-0.4, -0.2) is 24.2 Å². The number of carbonyl (C=O) groups excluding carboxylic acids is 1. The molecule has 5 nitrogen and oxygen atoms in total. The lowest BCUT2D eigenvalue weighted by atomic mass is 10.2. The summed E-state index contributed by atoms with van der Waals surface area (Å²) >= 11 is 0. The SMILES string of the molecule is CC(C)(C)OC(=O)C1CNNN1. The molecule has 1 heterocycles. The van der Waals surface area contributed by atoms with Gasteiger partial charge in [0.25, 0.3) is 0 Å². The third kappa shape index (κ3) is 2.77. The predicted molar refractivity (Wildman–Crippen MR) is 43.9 cm³/mol. The molecule has 1 unspecified atom stereocenters. The van der Waals surface area contributed by atoms with E-state index in [0.717, 1.165) is 0 Å². The molecule has 0 spiro atoms. The molecule has 1 aliphatic rings. The van der Waals surface area contributed by atoms with E-state index >= 15 is 0 Å². The van der Waals surface area contributed by atoms with Gasteiger partial charge >= 0.3 is 5.97 Å². The van der Waals surface area contributed by atoms with Crippen LogP contribution in [0.4, 0.5) is 0 Å². The third-order valence-electron chi connectivity index (χ3n) is 1.33. The highest BCUT2D eigenvalue weighted by Gasteiger charge is 2.27. The quantitative estimate of drug-likeness (QED) is 0.458. The molecule has 0 aromatic carbocycles. The first-order valence-corrected chi connectivity index (χ1v) is 3.95. The van der Waals surface area contributed by atoms with Crippen molar-refractivity contribution in [2.75, 3.05) is 6.54 Å². The number of esters is 1. The highest BCUT2D eigenvalue weighted by Crippen LogP contribution is 2.08. The highest BCUT2D eigenvalue weighted by atomic mass is 16.6.